The third-order valence-corrected chi connectivity index (χ3v) is 2.30. The Hall–Kier alpha value is -0.600. The van der Waals surface area contributed by atoms with Gasteiger partial charge in [0.15, 0.2) is 0 Å². The van der Waals surface area contributed by atoms with Gasteiger partial charge in [-0.3, -0.25) is 4.90 Å². The predicted octanol–water partition coefficient (Wildman–Crippen LogP) is 0.386. The molecular formula is C9H14N2. The summed E-state index contributed by atoms with van der Waals surface area (Å²) >= 11 is 0. The van der Waals surface area contributed by atoms with E-state index in [9.17, 15) is 0 Å². The number of hydrogen-bond donors (Lipinski definition) is 1. The summed E-state index contributed by atoms with van der Waals surface area (Å²) in [6, 6.07) is 0.581. The number of allylic oxidation sites excluding steroid dienone is 2. The SMILES string of the molecule is C1=CC(N2CCNCC2)C=C1. The van der Waals surface area contributed by atoms with Crippen molar-refractivity contribution < 1.29 is 0 Å². The van der Waals surface area contributed by atoms with E-state index in [-0.39, 0.29) is 0 Å². The van der Waals surface area contributed by atoms with Crippen molar-refractivity contribution in [3.8, 4) is 0 Å². The highest BCUT2D eigenvalue weighted by atomic mass is 15.2. The van der Waals surface area contributed by atoms with Gasteiger partial charge in [-0.1, -0.05) is 24.3 Å². The first kappa shape index (κ1) is 7.07. The summed E-state index contributed by atoms with van der Waals surface area (Å²) in [5.74, 6) is 0. The molecule has 0 saturated carbocycles. The molecule has 1 N–H and O–H groups in total. The van der Waals surface area contributed by atoms with Crippen LogP contribution in [0.5, 0.6) is 0 Å². The van der Waals surface area contributed by atoms with Crippen LogP contribution in [-0.2, 0) is 0 Å². The Morgan fingerprint density at radius 1 is 1.09 bits per heavy atom. The maximum Gasteiger partial charge on any atom is 0.0468 e. The van der Waals surface area contributed by atoms with Crippen molar-refractivity contribution >= 4 is 0 Å². The quantitative estimate of drug-likeness (QED) is 0.581. The molecule has 0 bridgehead atoms. The average Bonchev–Trinajstić information content (AvgIpc) is 2.58. The van der Waals surface area contributed by atoms with E-state index in [0.717, 1.165) is 13.1 Å². The van der Waals surface area contributed by atoms with Crippen LogP contribution in [0.4, 0.5) is 0 Å². The minimum atomic E-state index is 0.581. The zero-order chi connectivity index (χ0) is 7.52. The fourth-order valence-electron chi connectivity index (χ4n) is 1.64. The van der Waals surface area contributed by atoms with Gasteiger partial charge in [0.1, 0.15) is 0 Å². The van der Waals surface area contributed by atoms with Crippen LogP contribution in [0.25, 0.3) is 0 Å². The molecule has 1 aliphatic heterocycles. The average molecular weight is 150 g/mol. The van der Waals surface area contributed by atoms with Crippen LogP contribution in [0.2, 0.25) is 0 Å². The lowest BCUT2D eigenvalue weighted by molar-refractivity contribution is 0.229. The Morgan fingerprint density at radius 2 is 1.73 bits per heavy atom. The predicted molar refractivity (Wildman–Crippen MR) is 46.5 cm³/mol. The van der Waals surface area contributed by atoms with Crippen LogP contribution in [0.3, 0.4) is 0 Å². The molecule has 1 saturated heterocycles. The van der Waals surface area contributed by atoms with Gasteiger partial charge in [-0.05, 0) is 0 Å². The van der Waals surface area contributed by atoms with E-state index in [0.29, 0.717) is 6.04 Å². The van der Waals surface area contributed by atoms with Gasteiger partial charge >= 0.3 is 0 Å². The minimum Gasteiger partial charge on any atom is -0.314 e. The lowest BCUT2D eigenvalue weighted by Crippen LogP contribution is -2.46. The van der Waals surface area contributed by atoms with Crippen LogP contribution in [0.15, 0.2) is 24.3 Å². The van der Waals surface area contributed by atoms with E-state index in [1.54, 1.807) is 0 Å². The molecule has 1 heterocycles. The second kappa shape index (κ2) is 3.20. The van der Waals surface area contributed by atoms with E-state index in [4.69, 9.17) is 0 Å². The molecule has 1 fully saturated rings. The van der Waals surface area contributed by atoms with Gasteiger partial charge in [-0.2, -0.15) is 0 Å². The first-order valence-corrected chi connectivity index (χ1v) is 4.26. The number of piperazine rings is 1. The Bertz CT molecular complexity index is 166. The van der Waals surface area contributed by atoms with E-state index < -0.39 is 0 Å². The number of nitrogens with zero attached hydrogens (tertiary/aromatic N) is 1. The molecule has 2 rings (SSSR count). The molecule has 2 nitrogen and oxygen atoms in total. The summed E-state index contributed by atoms with van der Waals surface area (Å²) in [5, 5.41) is 3.35. The Balaban J connectivity index is 1.92. The molecular weight excluding hydrogens is 136 g/mol. The molecule has 0 spiro atoms. The van der Waals surface area contributed by atoms with Gasteiger partial charge in [0, 0.05) is 32.2 Å². The lowest BCUT2D eigenvalue weighted by Gasteiger charge is -2.30. The van der Waals surface area contributed by atoms with Crippen LogP contribution in [0, 0.1) is 0 Å². The Morgan fingerprint density at radius 3 is 2.36 bits per heavy atom. The molecule has 2 aliphatic rings. The number of nitrogens with one attached hydrogen (secondary N) is 1. The molecule has 0 atom stereocenters. The van der Waals surface area contributed by atoms with Crippen molar-refractivity contribution in [1.82, 2.24) is 10.2 Å². The smallest absolute Gasteiger partial charge is 0.0468 e. The standard InChI is InChI=1S/C9H14N2/c1-2-4-9(3-1)11-7-5-10-6-8-11/h1-4,9-10H,5-8H2. The summed E-state index contributed by atoms with van der Waals surface area (Å²) in [5.41, 5.74) is 0. The van der Waals surface area contributed by atoms with Gasteiger partial charge in [-0.15, -0.1) is 0 Å². The van der Waals surface area contributed by atoms with Gasteiger partial charge in [0.05, 0.1) is 0 Å². The second-order valence-electron chi connectivity index (χ2n) is 3.05. The van der Waals surface area contributed by atoms with Crippen molar-refractivity contribution in [1.29, 1.82) is 0 Å². The first-order valence-electron chi connectivity index (χ1n) is 4.26. The van der Waals surface area contributed by atoms with Crippen molar-refractivity contribution in [3.63, 3.8) is 0 Å². The highest BCUT2D eigenvalue weighted by molar-refractivity contribution is 5.21. The molecule has 0 amide bonds. The molecule has 0 aromatic rings. The zero-order valence-electron chi connectivity index (χ0n) is 6.66. The van der Waals surface area contributed by atoms with Crippen molar-refractivity contribution in [2.24, 2.45) is 0 Å². The van der Waals surface area contributed by atoms with Crippen LogP contribution < -0.4 is 5.32 Å². The summed E-state index contributed by atoms with van der Waals surface area (Å²) in [7, 11) is 0. The van der Waals surface area contributed by atoms with E-state index in [1.165, 1.54) is 13.1 Å². The molecule has 0 radical (unpaired) electrons. The van der Waals surface area contributed by atoms with Gasteiger partial charge in [-0.25, -0.2) is 0 Å². The molecule has 60 valence electrons. The first-order chi connectivity index (χ1) is 5.47. The summed E-state index contributed by atoms with van der Waals surface area (Å²) in [4.78, 5) is 2.50. The molecule has 1 aliphatic carbocycles. The number of rotatable bonds is 1. The molecule has 0 unspecified atom stereocenters. The van der Waals surface area contributed by atoms with Crippen molar-refractivity contribution in [2.45, 2.75) is 6.04 Å². The monoisotopic (exact) mass is 150 g/mol. The second-order valence-corrected chi connectivity index (χ2v) is 3.05. The van der Waals surface area contributed by atoms with E-state index in [2.05, 4.69) is 34.5 Å². The molecule has 2 heteroatoms. The van der Waals surface area contributed by atoms with E-state index >= 15 is 0 Å². The van der Waals surface area contributed by atoms with Crippen LogP contribution >= 0.6 is 0 Å². The van der Waals surface area contributed by atoms with Crippen LogP contribution in [0.1, 0.15) is 0 Å². The van der Waals surface area contributed by atoms with E-state index in [1.807, 2.05) is 0 Å². The van der Waals surface area contributed by atoms with Crippen molar-refractivity contribution in [3.05, 3.63) is 24.3 Å². The van der Waals surface area contributed by atoms with Crippen molar-refractivity contribution in [2.75, 3.05) is 26.2 Å². The Labute approximate surface area is 67.6 Å². The summed E-state index contributed by atoms with van der Waals surface area (Å²) in [6.07, 6.45) is 8.77. The molecule has 0 aromatic carbocycles. The molecule has 11 heavy (non-hydrogen) atoms. The molecule has 0 aromatic heterocycles. The topological polar surface area (TPSA) is 15.3 Å². The third kappa shape index (κ3) is 1.52. The van der Waals surface area contributed by atoms with Gasteiger partial charge in [0.2, 0.25) is 0 Å². The summed E-state index contributed by atoms with van der Waals surface area (Å²) in [6.45, 7) is 4.63. The summed E-state index contributed by atoms with van der Waals surface area (Å²) < 4.78 is 0. The minimum absolute atomic E-state index is 0.581. The van der Waals surface area contributed by atoms with Crippen LogP contribution in [-0.4, -0.2) is 37.1 Å². The maximum absolute atomic E-state index is 3.35. The highest BCUT2D eigenvalue weighted by Gasteiger charge is 2.16. The number of hydrogen-bond acceptors (Lipinski definition) is 2. The highest BCUT2D eigenvalue weighted by Crippen LogP contribution is 2.09. The van der Waals surface area contributed by atoms with Gasteiger partial charge < -0.3 is 5.32 Å². The van der Waals surface area contributed by atoms with Gasteiger partial charge in [0.25, 0.3) is 0 Å². The maximum atomic E-state index is 3.35. The fraction of sp³-hybridized carbons (Fsp3) is 0.556. The normalized spacial score (nSPS) is 26.5. The fourth-order valence-corrected chi connectivity index (χ4v) is 1.64. The third-order valence-electron chi connectivity index (χ3n) is 2.30. The lowest BCUT2D eigenvalue weighted by atomic mass is 10.2. The largest absolute Gasteiger partial charge is 0.314 e. The zero-order valence-corrected chi connectivity index (χ0v) is 6.66. The Kier molecular flexibility index (Phi) is 2.06.